The Hall–Kier alpha value is -3.70. The minimum Gasteiger partial charge on any atom is -0.479 e. The normalized spacial score (nSPS) is 23.0. The zero-order valence-electron chi connectivity index (χ0n) is 23.2. The van der Waals surface area contributed by atoms with Gasteiger partial charge in [0.15, 0.2) is 11.5 Å². The highest BCUT2D eigenvalue weighted by molar-refractivity contribution is 6.05. The molecule has 3 aromatic rings. The van der Waals surface area contributed by atoms with Gasteiger partial charge in [0.2, 0.25) is 5.88 Å². The number of nitrogens with one attached hydrogen (secondary N) is 1. The van der Waals surface area contributed by atoms with E-state index in [2.05, 4.69) is 32.1 Å². The van der Waals surface area contributed by atoms with Crippen LogP contribution in [-0.2, 0) is 11.8 Å². The van der Waals surface area contributed by atoms with Crippen LogP contribution in [0.15, 0.2) is 34.8 Å². The molecule has 0 fully saturated rings. The van der Waals surface area contributed by atoms with Gasteiger partial charge in [-0.05, 0) is 59.9 Å². The third-order valence-corrected chi connectivity index (χ3v) is 6.90. The third kappa shape index (κ3) is 5.44. The molecule has 204 valence electrons. The lowest BCUT2D eigenvalue weighted by Gasteiger charge is -2.31. The molecule has 4 heterocycles. The van der Waals surface area contributed by atoms with E-state index in [9.17, 15) is 5.11 Å². The maximum atomic E-state index is 9.77. The van der Waals surface area contributed by atoms with Gasteiger partial charge in [0.1, 0.15) is 6.10 Å². The van der Waals surface area contributed by atoms with Crippen molar-refractivity contribution in [3.63, 3.8) is 0 Å². The summed E-state index contributed by atoms with van der Waals surface area (Å²) in [5.41, 5.74) is 11.8. The molecule has 0 amide bonds. The lowest BCUT2D eigenvalue weighted by Crippen LogP contribution is -2.43. The van der Waals surface area contributed by atoms with Gasteiger partial charge in [-0.25, -0.2) is 9.67 Å². The molecular weight excluding hydrogens is 484 g/mol. The number of pyridine rings is 1. The van der Waals surface area contributed by atoms with Gasteiger partial charge in [0.25, 0.3) is 0 Å². The third-order valence-electron chi connectivity index (χ3n) is 6.90. The summed E-state index contributed by atoms with van der Waals surface area (Å²) in [6.45, 7) is 10.6. The first-order chi connectivity index (χ1) is 18.1. The summed E-state index contributed by atoms with van der Waals surface area (Å²) in [6, 6.07) is 1.72. The number of aliphatic imine (C=N–C) groups is 1. The van der Waals surface area contributed by atoms with Gasteiger partial charge in [0.05, 0.1) is 47.5 Å². The summed E-state index contributed by atoms with van der Waals surface area (Å²) in [7, 11) is 3.90. The maximum absolute atomic E-state index is 9.77. The van der Waals surface area contributed by atoms with E-state index in [1.165, 1.54) is 0 Å². The standard InChI is InChI=1S/C27H38N8O3/c1-8-37-25(28)20-9-10-22-21-11-19(12-29-26(21)32-31-22)24-16(3)33-35(7)27(24)38-18(5)17(4)34(6)13-23(20)30-15(2)14-36/h9-12,15,17-18,36H,8,13-14,28H2,1-7H3,(H,29,31,32)/b10-9+,25-20+,30-23?. The Labute approximate surface area is 223 Å². The number of nitrogens with two attached hydrogens (primary N) is 1. The summed E-state index contributed by atoms with van der Waals surface area (Å²) in [4.78, 5) is 11.6. The minimum absolute atomic E-state index is 0.00565. The van der Waals surface area contributed by atoms with Gasteiger partial charge in [-0.2, -0.15) is 10.2 Å². The van der Waals surface area contributed by atoms with Crippen molar-refractivity contribution in [2.45, 2.75) is 52.8 Å². The quantitative estimate of drug-likeness (QED) is 0.445. The SMILES string of the molecule is CCO/C(N)=C1\C=C\c2[nH]nc3ncc(cc23)-c2c(C)nn(C)c2OC(C)C(C)N(C)CC1=NC(C)CO. The van der Waals surface area contributed by atoms with Gasteiger partial charge >= 0.3 is 0 Å². The molecule has 0 saturated heterocycles. The zero-order chi connectivity index (χ0) is 27.6. The highest BCUT2D eigenvalue weighted by atomic mass is 16.5. The van der Waals surface area contributed by atoms with Crippen molar-refractivity contribution in [3.8, 4) is 17.0 Å². The number of aromatic amines is 1. The Balaban J connectivity index is 1.96. The first-order valence-electron chi connectivity index (χ1n) is 12.9. The molecular formula is C27H38N8O3. The number of aliphatic hydroxyl groups excluding tert-OH is 1. The van der Waals surface area contributed by atoms with Gasteiger partial charge in [-0.1, -0.05) is 0 Å². The molecule has 0 spiro atoms. The topological polar surface area (TPSA) is 140 Å². The van der Waals surface area contributed by atoms with Crippen LogP contribution in [0.1, 0.15) is 39.1 Å². The van der Waals surface area contributed by atoms with E-state index in [-0.39, 0.29) is 30.7 Å². The minimum atomic E-state index is -0.318. The molecule has 2 bridgehead atoms. The number of aryl methyl sites for hydroxylation is 2. The number of likely N-dealkylation sites (N-methyl/N-ethyl adjacent to an activating group) is 1. The van der Waals surface area contributed by atoms with E-state index >= 15 is 0 Å². The molecule has 0 aliphatic carbocycles. The van der Waals surface area contributed by atoms with Gasteiger partial charge < -0.3 is 20.3 Å². The van der Waals surface area contributed by atoms with Crippen molar-refractivity contribution in [2.24, 2.45) is 17.8 Å². The fourth-order valence-electron chi connectivity index (χ4n) is 4.52. The molecule has 11 heteroatoms. The van der Waals surface area contributed by atoms with Crippen molar-refractivity contribution in [1.29, 1.82) is 0 Å². The molecule has 3 atom stereocenters. The second kappa shape index (κ2) is 11.4. The second-order valence-electron chi connectivity index (χ2n) is 9.75. The van der Waals surface area contributed by atoms with Gasteiger partial charge in [-0.3, -0.25) is 15.0 Å². The van der Waals surface area contributed by atoms with E-state index in [1.54, 1.807) is 10.9 Å². The first kappa shape index (κ1) is 27.3. The van der Waals surface area contributed by atoms with Gasteiger partial charge in [0, 0.05) is 36.8 Å². The molecule has 4 N–H and O–H groups in total. The van der Waals surface area contributed by atoms with Crippen LogP contribution in [-0.4, -0.2) is 85.7 Å². The van der Waals surface area contributed by atoms with E-state index in [1.807, 2.05) is 60.0 Å². The van der Waals surface area contributed by atoms with Crippen molar-refractivity contribution in [2.75, 3.05) is 26.8 Å². The zero-order valence-corrected chi connectivity index (χ0v) is 23.2. The highest BCUT2D eigenvalue weighted by Gasteiger charge is 2.26. The van der Waals surface area contributed by atoms with Crippen LogP contribution in [0, 0.1) is 6.92 Å². The maximum Gasteiger partial charge on any atom is 0.220 e. The molecule has 1 aliphatic heterocycles. The van der Waals surface area contributed by atoms with Crippen LogP contribution in [0.25, 0.3) is 28.2 Å². The molecule has 3 unspecified atom stereocenters. The summed E-state index contributed by atoms with van der Waals surface area (Å²) in [5, 5.41) is 22.7. The van der Waals surface area contributed by atoms with Crippen LogP contribution in [0.2, 0.25) is 0 Å². The number of nitrogens with zero attached hydrogens (tertiary/aromatic N) is 6. The van der Waals surface area contributed by atoms with E-state index in [0.29, 0.717) is 36.0 Å². The molecule has 11 nitrogen and oxygen atoms in total. The largest absolute Gasteiger partial charge is 0.479 e. The monoisotopic (exact) mass is 522 g/mol. The number of ether oxygens (including phenoxy) is 2. The number of fused-ring (bicyclic) bond motifs is 3. The predicted octanol–water partition coefficient (Wildman–Crippen LogP) is 2.81. The Morgan fingerprint density at radius 2 is 2.11 bits per heavy atom. The van der Waals surface area contributed by atoms with E-state index in [0.717, 1.165) is 27.9 Å². The van der Waals surface area contributed by atoms with Crippen molar-refractivity contribution in [3.05, 3.63) is 41.2 Å². The molecule has 3 aromatic heterocycles. The summed E-state index contributed by atoms with van der Waals surface area (Å²) in [6.07, 6.45) is 5.39. The molecule has 0 radical (unpaired) electrons. The Morgan fingerprint density at radius 1 is 1.34 bits per heavy atom. The lowest BCUT2D eigenvalue weighted by atomic mass is 10.1. The van der Waals surface area contributed by atoms with Crippen LogP contribution in [0.3, 0.4) is 0 Å². The van der Waals surface area contributed by atoms with Crippen LogP contribution < -0.4 is 10.5 Å². The summed E-state index contributed by atoms with van der Waals surface area (Å²) in [5.74, 6) is 0.940. The number of hydrogen-bond acceptors (Lipinski definition) is 9. The number of aliphatic hydroxyl groups is 1. The average molecular weight is 523 g/mol. The molecule has 4 rings (SSSR count). The highest BCUT2D eigenvalue weighted by Crippen LogP contribution is 2.35. The Bertz CT molecular complexity index is 1390. The number of rotatable bonds is 4. The summed E-state index contributed by atoms with van der Waals surface area (Å²) >= 11 is 0. The molecule has 0 aromatic carbocycles. The number of hydrogen-bond donors (Lipinski definition) is 3. The lowest BCUT2D eigenvalue weighted by molar-refractivity contribution is 0.107. The van der Waals surface area contributed by atoms with Gasteiger partial charge in [-0.15, -0.1) is 0 Å². The fraction of sp³-hybridized carbons (Fsp3) is 0.481. The fourth-order valence-corrected chi connectivity index (χ4v) is 4.52. The molecule has 0 saturated carbocycles. The number of H-pyrrole nitrogens is 1. The average Bonchev–Trinajstić information content (AvgIpc) is 3.41. The van der Waals surface area contributed by atoms with Crippen LogP contribution in [0.4, 0.5) is 0 Å². The van der Waals surface area contributed by atoms with Crippen LogP contribution >= 0.6 is 0 Å². The van der Waals surface area contributed by atoms with Crippen LogP contribution in [0.5, 0.6) is 5.88 Å². The summed E-state index contributed by atoms with van der Waals surface area (Å²) < 4.78 is 14.1. The molecule has 38 heavy (non-hydrogen) atoms. The molecule has 1 aliphatic rings. The second-order valence-corrected chi connectivity index (χ2v) is 9.75. The Kier molecular flexibility index (Phi) is 8.17. The number of allylic oxidation sites excluding steroid dienone is 1. The van der Waals surface area contributed by atoms with Crippen molar-refractivity contribution < 1.29 is 14.6 Å². The van der Waals surface area contributed by atoms with E-state index < -0.39 is 0 Å². The first-order valence-corrected chi connectivity index (χ1v) is 12.9. The Morgan fingerprint density at radius 3 is 2.82 bits per heavy atom. The smallest absolute Gasteiger partial charge is 0.220 e. The predicted molar refractivity (Wildman–Crippen MR) is 149 cm³/mol. The van der Waals surface area contributed by atoms with Crippen molar-refractivity contribution in [1.82, 2.24) is 29.9 Å². The van der Waals surface area contributed by atoms with E-state index in [4.69, 9.17) is 20.2 Å². The van der Waals surface area contributed by atoms with Crippen molar-refractivity contribution >= 4 is 22.8 Å². The number of aromatic nitrogens is 5.